The lowest BCUT2D eigenvalue weighted by atomic mass is 9.95. The van der Waals surface area contributed by atoms with Gasteiger partial charge in [0.2, 0.25) is 0 Å². The molecule has 6 rings (SSSR count). The number of aliphatic hydroxyl groups is 9. The zero-order valence-electron chi connectivity index (χ0n) is 56.7. The van der Waals surface area contributed by atoms with Gasteiger partial charge < -0.3 is 112 Å². The quantitative estimate of drug-likeness (QED) is 0.0238. The summed E-state index contributed by atoms with van der Waals surface area (Å²) in [7, 11) is 0. The van der Waals surface area contributed by atoms with Gasteiger partial charge in [0.15, 0.2) is 62.0 Å². The van der Waals surface area contributed by atoms with Crippen LogP contribution >= 0.6 is 0 Å². The van der Waals surface area contributed by atoms with E-state index in [4.69, 9.17) is 66.3 Å². The maximum Gasteiger partial charge on any atom is 0.330 e. The molecular weight excluding hydrogens is 1240 g/mol. The van der Waals surface area contributed by atoms with Gasteiger partial charge in [-0.05, 0) is 74.1 Å². The lowest BCUT2D eigenvalue weighted by Gasteiger charge is -2.50. The maximum absolute atomic E-state index is 14.1. The van der Waals surface area contributed by atoms with Gasteiger partial charge in [-0.25, -0.2) is 4.79 Å². The van der Waals surface area contributed by atoms with E-state index in [9.17, 15) is 65.1 Å². The third kappa shape index (κ3) is 22.7. The number of rotatable bonds is 27. The van der Waals surface area contributed by atoms with Crippen molar-refractivity contribution >= 4 is 23.9 Å². The number of hydrogen-bond donors (Lipinski definition) is 9. The zero-order valence-corrected chi connectivity index (χ0v) is 56.7. The first kappa shape index (κ1) is 79.8. The minimum Gasteiger partial charge on any atom is -0.455 e. The van der Waals surface area contributed by atoms with Gasteiger partial charge in [0, 0.05) is 18.9 Å². The molecule has 0 spiro atoms. The molecule has 6 aliphatic heterocycles. The number of unbranched alkanes of at least 4 members (excludes halogenated alkanes) is 10. The lowest BCUT2D eigenvalue weighted by molar-refractivity contribution is -0.395. The van der Waals surface area contributed by atoms with E-state index in [-0.39, 0.29) is 18.9 Å². The molecule has 9 N–H and O–H groups in total. The Morgan fingerprint density at radius 3 is 1.71 bits per heavy atom. The van der Waals surface area contributed by atoms with Crippen molar-refractivity contribution in [3.8, 4) is 0 Å². The van der Waals surface area contributed by atoms with Crippen LogP contribution in [-0.2, 0) is 85.5 Å². The number of allylic oxidation sites excluding steroid dienone is 1. The number of esters is 4. The number of ether oxygens (including phenoxy) is 14. The third-order valence-corrected chi connectivity index (χ3v) is 18.8. The molecule has 544 valence electrons. The Bertz CT molecular complexity index is 2240. The summed E-state index contributed by atoms with van der Waals surface area (Å²) in [5.74, 6) is -4.62. The van der Waals surface area contributed by atoms with E-state index in [0.29, 0.717) is 32.1 Å². The van der Waals surface area contributed by atoms with Crippen LogP contribution in [0.2, 0.25) is 0 Å². The Hall–Kier alpha value is -3.14. The van der Waals surface area contributed by atoms with Crippen LogP contribution in [0.25, 0.3) is 0 Å². The van der Waals surface area contributed by atoms with Gasteiger partial charge in [-0.1, -0.05) is 129 Å². The van der Waals surface area contributed by atoms with Crippen molar-refractivity contribution in [2.75, 3.05) is 6.61 Å². The van der Waals surface area contributed by atoms with E-state index in [2.05, 4.69) is 13.8 Å². The fourth-order valence-electron chi connectivity index (χ4n) is 12.8. The zero-order chi connectivity index (χ0) is 68.8. The molecule has 27 nitrogen and oxygen atoms in total. The van der Waals surface area contributed by atoms with E-state index < -0.39 is 196 Å². The second kappa shape index (κ2) is 40.2. The topological polar surface area (TPSA) is 380 Å². The highest BCUT2D eigenvalue weighted by Gasteiger charge is 2.59. The van der Waals surface area contributed by atoms with E-state index in [1.807, 2.05) is 0 Å². The Morgan fingerprint density at radius 1 is 0.521 bits per heavy atom. The minimum atomic E-state index is -2.05. The molecule has 0 aromatic carbocycles. The second-order valence-electron chi connectivity index (χ2n) is 26.5. The van der Waals surface area contributed by atoms with Gasteiger partial charge >= 0.3 is 23.9 Å². The highest BCUT2D eigenvalue weighted by atomic mass is 16.8. The van der Waals surface area contributed by atoms with E-state index in [0.717, 1.165) is 109 Å². The molecule has 94 heavy (non-hydrogen) atoms. The van der Waals surface area contributed by atoms with Gasteiger partial charge in [-0.2, -0.15) is 0 Å². The highest BCUT2D eigenvalue weighted by molar-refractivity contribution is 5.82. The Balaban J connectivity index is 1.34. The van der Waals surface area contributed by atoms with Crippen LogP contribution in [0.15, 0.2) is 12.2 Å². The first-order chi connectivity index (χ1) is 44.9. The smallest absolute Gasteiger partial charge is 0.330 e. The largest absolute Gasteiger partial charge is 0.455 e. The summed E-state index contributed by atoms with van der Waals surface area (Å²) in [6.45, 7) is 13.7. The van der Waals surface area contributed by atoms with Gasteiger partial charge in [-0.15, -0.1) is 0 Å². The first-order valence-corrected chi connectivity index (χ1v) is 35.0. The average molecular weight is 1350 g/mol. The molecule has 0 aliphatic carbocycles. The van der Waals surface area contributed by atoms with Crippen LogP contribution < -0.4 is 0 Å². The normalized spacial score (nSPS) is 39.8. The maximum atomic E-state index is 14.1. The van der Waals surface area contributed by atoms with Gasteiger partial charge in [0.05, 0.1) is 49.1 Å². The summed E-state index contributed by atoms with van der Waals surface area (Å²) in [4.78, 5) is 55.1. The molecule has 6 saturated heterocycles. The fourth-order valence-corrected chi connectivity index (χ4v) is 12.8. The summed E-state index contributed by atoms with van der Waals surface area (Å²) in [6, 6.07) is 0. The molecule has 6 fully saturated rings. The predicted octanol–water partition coefficient (Wildman–Crippen LogP) is 4.40. The molecule has 0 amide bonds. The second-order valence-corrected chi connectivity index (χ2v) is 26.5. The van der Waals surface area contributed by atoms with Crippen LogP contribution in [0, 0.1) is 5.92 Å². The Morgan fingerprint density at radius 2 is 1.07 bits per heavy atom. The number of aliphatic hydroxyl groups excluding tert-OH is 9. The van der Waals surface area contributed by atoms with E-state index in [1.165, 1.54) is 40.7 Å². The van der Waals surface area contributed by atoms with Gasteiger partial charge in [-0.3, -0.25) is 14.4 Å². The standard InChI is InChI=1S/C67H114O27/c1-10-13-15-16-17-18-21-24-28-33-45(71)88-58-53(79)55(92-67-61(94-63-51(77)49(75)48(74)43(35-68)86-63)60(90-62(80)36(4)37(5)69)56(41(9)84-67)87-44(70)30-12-3)40(8)82-65(58)91-54-39(7)83-66-59(52(54)78)89-46(72)34-29-25-22-19-20-23-27-32-42(31-26-14-11-2)85-64-57(93-66)50(76)47(73)38(6)81-64/h12,30,36-43,47-61,63-69,73-79H,10-11,13-29,31-35H2,1-9H3. The molecule has 0 saturated carbocycles. The molecule has 28 unspecified atom stereocenters. The summed E-state index contributed by atoms with van der Waals surface area (Å²) in [5, 5.41) is 102. The molecule has 0 aromatic heterocycles. The molecule has 27 heteroatoms. The van der Waals surface area contributed by atoms with E-state index in [1.54, 1.807) is 13.8 Å². The SMILES string of the molecule is CC=CC(=O)OC1C(C)OC(OC2C(C)OC(OC3C(C)OC4OC5C(OC(CCCCC)CCCCCCCCCC(=O)OC4C3O)OC(C)C(O)C5O)C(OC(=O)CCCCCCCCCCC)C2O)C(OC2OC(CO)C(O)C(O)C2O)C1OC(=O)C(C)C(C)O. The van der Waals surface area contributed by atoms with Crippen molar-refractivity contribution < 1.29 is 131 Å². The fraction of sp³-hybridized carbons (Fsp3) is 0.910. The summed E-state index contributed by atoms with van der Waals surface area (Å²) >= 11 is 0. The van der Waals surface area contributed by atoms with E-state index >= 15 is 0 Å². The number of carbonyl (C=O) groups excluding carboxylic acids is 4. The van der Waals surface area contributed by atoms with Crippen molar-refractivity contribution in [1.82, 2.24) is 0 Å². The molecule has 0 bridgehead atoms. The molecule has 28 atom stereocenters. The van der Waals surface area contributed by atoms with Gasteiger partial charge in [0.25, 0.3) is 0 Å². The summed E-state index contributed by atoms with van der Waals surface area (Å²) < 4.78 is 88.0. The lowest BCUT2D eigenvalue weighted by Crippen LogP contribution is -2.68. The number of carbonyl (C=O) groups is 4. The first-order valence-electron chi connectivity index (χ1n) is 35.0. The van der Waals surface area contributed by atoms with Crippen molar-refractivity contribution in [3.63, 3.8) is 0 Å². The van der Waals surface area contributed by atoms with Crippen molar-refractivity contribution in [2.24, 2.45) is 5.92 Å². The molecule has 6 aliphatic rings. The monoisotopic (exact) mass is 1350 g/mol. The molecular formula is C67H114O27. The van der Waals surface area contributed by atoms with Crippen molar-refractivity contribution in [2.45, 2.75) is 376 Å². The molecule has 0 radical (unpaired) electrons. The van der Waals surface area contributed by atoms with Crippen LogP contribution in [0.5, 0.6) is 0 Å². The summed E-state index contributed by atoms with van der Waals surface area (Å²) in [5.41, 5.74) is 0. The average Bonchev–Trinajstić information content (AvgIpc) is 0.774. The van der Waals surface area contributed by atoms with Crippen LogP contribution in [-0.4, -0.2) is 242 Å². The molecule has 0 aromatic rings. The van der Waals surface area contributed by atoms with Crippen LogP contribution in [0.1, 0.15) is 210 Å². The van der Waals surface area contributed by atoms with Crippen molar-refractivity contribution in [1.29, 1.82) is 0 Å². The van der Waals surface area contributed by atoms with Crippen LogP contribution in [0.3, 0.4) is 0 Å². The van der Waals surface area contributed by atoms with Crippen molar-refractivity contribution in [3.05, 3.63) is 12.2 Å². The Kier molecular flexibility index (Phi) is 34.1. The predicted molar refractivity (Wildman–Crippen MR) is 332 cm³/mol. The van der Waals surface area contributed by atoms with Gasteiger partial charge in [0.1, 0.15) is 67.1 Å². The minimum absolute atomic E-state index is 0.0362. The Labute approximate surface area is 553 Å². The summed E-state index contributed by atoms with van der Waals surface area (Å²) in [6.07, 6.45) is -21.2. The number of fused-ring (bicyclic) bond motifs is 2. The third-order valence-electron chi connectivity index (χ3n) is 18.8. The highest BCUT2D eigenvalue weighted by Crippen LogP contribution is 2.40. The molecule has 6 heterocycles. The van der Waals surface area contributed by atoms with Crippen LogP contribution in [0.4, 0.5) is 0 Å². The number of hydrogen-bond acceptors (Lipinski definition) is 27.